The minimum atomic E-state index is -3.88. The second-order valence-corrected chi connectivity index (χ2v) is 10.1. The van der Waals surface area contributed by atoms with Crippen molar-refractivity contribution in [3.05, 3.63) is 115 Å². The normalized spacial score (nSPS) is 11.5. The number of nitriles is 1. The lowest BCUT2D eigenvalue weighted by Gasteiger charge is -2.10. The highest BCUT2D eigenvalue weighted by Gasteiger charge is 2.23. The van der Waals surface area contributed by atoms with Crippen LogP contribution >= 0.6 is 0 Å². The van der Waals surface area contributed by atoms with Crippen LogP contribution in [0.3, 0.4) is 0 Å². The molecular formula is C29H18N4O2S. The van der Waals surface area contributed by atoms with Gasteiger partial charge in [-0.2, -0.15) is 5.26 Å². The third kappa shape index (κ3) is 3.52. The monoisotopic (exact) mass is 486 g/mol. The van der Waals surface area contributed by atoms with E-state index in [0.29, 0.717) is 33.4 Å². The zero-order valence-corrected chi connectivity index (χ0v) is 19.7. The summed E-state index contributed by atoms with van der Waals surface area (Å²) in [5.41, 5.74) is 4.74. The van der Waals surface area contributed by atoms with Gasteiger partial charge in [0, 0.05) is 28.7 Å². The van der Waals surface area contributed by atoms with Crippen LogP contribution in [-0.2, 0) is 10.0 Å². The van der Waals surface area contributed by atoms with E-state index in [0.717, 1.165) is 16.5 Å². The average molecular weight is 487 g/mol. The average Bonchev–Trinajstić information content (AvgIpc) is 3.34. The van der Waals surface area contributed by atoms with Crippen molar-refractivity contribution in [3.63, 3.8) is 0 Å². The largest absolute Gasteiger partial charge is 0.269 e. The highest BCUT2D eigenvalue weighted by molar-refractivity contribution is 7.90. The van der Waals surface area contributed by atoms with Crippen LogP contribution in [0.5, 0.6) is 0 Å². The van der Waals surface area contributed by atoms with E-state index in [4.69, 9.17) is 4.98 Å². The Bertz CT molecular complexity index is 1910. The van der Waals surface area contributed by atoms with Crippen LogP contribution in [0, 0.1) is 11.3 Å². The van der Waals surface area contributed by atoms with Gasteiger partial charge in [-0.05, 0) is 59.7 Å². The lowest BCUT2D eigenvalue weighted by molar-refractivity contribution is 0.589. The Morgan fingerprint density at radius 2 is 1.53 bits per heavy atom. The summed E-state index contributed by atoms with van der Waals surface area (Å²) in [5.74, 6) is 0. The summed E-state index contributed by atoms with van der Waals surface area (Å²) in [6.45, 7) is 0. The van der Waals surface area contributed by atoms with Gasteiger partial charge in [-0.15, -0.1) is 0 Å². The van der Waals surface area contributed by atoms with Crippen LogP contribution < -0.4 is 0 Å². The number of rotatable bonds is 4. The molecule has 6 rings (SSSR count). The molecule has 0 aliphatic heterocycles. The van der Waals surface area contributed by atoms with Crippen molar-refractivity contribution in [1.29, 1.82) is 5.26 Å². The smallest absolute Gasteiger partial charge is 0.248 e. The first-order valence-corrected chi connectivity index (χ1v) is 12.7. The summed E-state index contributed by atoms with van der Waals surface area (Å²) in [4.78, 5) is 9.46. The highest BCUT2D eigenvalue weighted by Crippen LogP contribution is 2.36. The molecule has 0 atom stereocenters. The van der Waals surface area contributed by atoms with Gasteiger partial charge in [0.1, 0.15) is 0 Å². The minimum Gasteiger partial charge on any atom is -0.248 e. The van der Waals surface area contributed by atoms with E-state index in [9.17, 15) is 13.7 Å². The van der Waals surface area contributed by atoms with Gasteiger partial charge in [0.15, 0.2) is 5.65 Å². The van der Waals surface area contributed by atoms with Gasteiger partial charge in [-0.1, -0.05) is 48.5 Å². The van der Waals surface area contributed by atoms with Crippen molar-refractivity contribution >= 4 is 32.0 Å². The van der Waals surface area contributed by atoms with Crippen LogP contribution in [0.2, 0.25) is 0 Å². The molecule has 0 aliphatic rings. The number of aromatic nitrogens is 3. The zero-order valence-electron chi connectivity index (χ0n) is 18.9. The molecule has 36 heavy (non-hydrogen) atoms. The highest BCUT2D eigenvalue weighted by atomic mass is 32.2. The molecule has 0 aliphatic carbocycles. The molecule has 0 saturated carbocycles. The lowest BCUT2D eigenvalue weighted by atomic mass is 9.97. The molecule has 7 heteroatoms. The Hall–Kier alpha value is -4.80. The number of fused-ring (bicyclic) bond motifs is 2. The van der Waals surface area contributed by atoms with Crippen molar-refractivity contribution in [3.8, 4) is 28.5 Å². The second kappa shape index (κ2) is 8.45. The molecule has 0 amide bonds. The molecule has 3 aromatic heterocycles. The topological polar surface area (TPSA) is 88.6 Å². The van der Waals surface area contributed by atoms with Gasteiger partial charge in [-0.3, -0.25) is 0 Å². The zero-order chi connectivity index (χ0) is 24.7. The molecule has 0 spiro atoms. The van der Waals surface area contributed by atoms with Crippen molar-refractivity contribution in [1.82, 2.24) is 13.9 Å². The van der Waals surface area contributed by atoms with Crippen LogP contribution in [0.15, 0.2) is 114 Å². The van der Waals surface area contributed by atoms with Crippen molar-refractivity contribution in [2.45, 2.75) is 4.90 Å². The molecule has 3 heterocycles. The summed E-state index contributed by atoms with van der Waals surface area (Å²) in [6, 6.07) is 31.3. The fourth-order valence-electron chi connectivity index (χ4n) is 4.41. The minimum absolute atomic E-state index is 0.180. The summed E-state index contributed by atoms with van der Waals surface area (Å²) in [5, 5.41) is 11.0. The summed E-state index contributed by atoms with van der Waals surface area (Å²) in [6.07, 6.45) is 3.17. The first-order chi connectivity index (χ1) is 17.6. The fraction of sp³-hybridized carbons (Fsp3) is 0. The van der Waals surface area contributed by atoms with Gasteiger partial charge < -0.3 is 0 Å². The third-order valence-electron chi connectivity index (χ3n) is 6.13. The maximum atomic E-state index is 13.5. The number of nitrogens with zero attached hydrogens (tertiary/aromatic N) is 4. The molecule has 172 valence electrons. The Morgan fingerprint density at radius 3 is 2.28 bits per heavy atom. The van der Waals surface area contributed by atoms with Gasteiger partial charge in [0.2, 0.25) is 0 Å². The van der Waals surface area contributed by atoms with Crippen molar-refractivity contribution in [2.75, 3.05) is 0 Å². The SMILES string of the molecule is N#Cc1ccc2nc(-c3cn(S(=O)(=O)c4ccccc4)c4ncccc34)cc(-c3ccccc3)c2c1. The molecule has 6 nitrogen and oxygen atoms in total. The lowest BCUT2D eigenvalue weighted by Crippen LogP contribution is -2.12. The standard InChI is InChI=1S/C29H18N4O2S/c30-18-20-13-14-27-25(16-20)24(21-8-3-1-4-9-21)17-28(32-27)26-19-33(29-23(26)12-7-15-31-29)36(34,35)22-10-5-2-6-11-22/h1-17,19H. The Kier molecular flexibility index (Phi) is 5.10. The molecule has 6 aromatic rings. The maximum absolute atomic E-state index is 13.5. The molecule has 0 saturated heterocycles. The van der Waals surface area contributed by atoms with E-state index in [1.54, 1.807) is 54.9 Å². The van der Waals surface area contributed by atoms with Crippen LogP contribution in [0.1, 0.15) is 5.56 Å². The Balaban J connectivity index is 1.65. The number of benzene rings is 3. The first-order valence-electron chi connectivity index (χ1n) is 11.2. The number of hydrogen-bond acceptors (Lipinski definition) is 5. The van der Waals surface area contributed by atoms with Crippen LogP contribution in [-0.4, -0.2) is 22.4 Å². The molecule has 0 N–H and O–H groups in total. The Morgan fingerprint density at radius 1 is 0.778 bits per heavy atom. The van der Waals surface area contributed by atoms with E-state index < -0.39 is 10.0 Å². The van der Waals surface area contributed by atoms with Gasteiger partial charge in [0.25, 0.3) is 10.0 Å². The quantitative estimate of drug-likeness (QED) is 0.304. The summed E-state index contributed by atoms with van der Waals surface area (Å²) < 4.78 is 28.3. The fourth-order valence-corrected chi connectivity index (χ4v) is 5.76. The van der Waals surface area contributed by atoms with Gasteiger partial charge in [0.05, 0.1) is 27.7 Å². The summed E-state index contributed by atoms with van der Waals surface area (Å²) >= 11 is 0. The predicted molar refractivity (Wildman–Crippen MR) is 140 cm³/mol. The van der Waals surface area contributed by atoms with Crippen LogP contribution in [0.25, 0.3) is 44.3 Å². The first kappa shape index (κ1) is 21.7. The molecule has 3 aromatic carbocycles. The predicted octanol–water partition coefficient (Wildman–Crippen LogP) is 6.03. The number of hydrogen-bond donors (Lipinski definition) is 0. The molecule has 0 fully saturated rings. The van der Waals surface area contributed by atoms with Gasteiger partial charge in [-0.25, -0.2) is 22.4 Å². The molecule has 0 radical (unpaired) electrons. The number of pyridine rings is 2. The summed E-state index contributed by atoms with van der Waals surface area (Å²) in [7, 11) is -3.88. The molecule has 0 unspecified atom stereocenters. The van der Waals surface area contributed by atoms with E-state index in [2.05, 4.69) is 11.1 Å². The van der Waals surface area contributed by atoms with E-state index in [1.807, 2.05) is 54.6 Å². The van der Waals surface area contributed by atoms with Crippen molar-refractivity contribution < 1.29 is 8.42 Å². The Labute approximate surface area is 207 Å². The van der Waals surface area contributed by atoms with Crippen LogP contribution in [0.4, 0.5) is 0 Å². The van der Waals surface area contributed by atoms with Gasteiger partial charge >= 0.3 is 0 Å². The third-order valence-corrected chi connectivity index (χ3v) is 7.79. The van der Waals surface area contributed by atoms with E-state index in [1.165, 1.54) is 3.97 Å². The molecule has 0 bridgehead atoms. The van der Waals surface area contributed by atoms with E-state index in [-0.39, 0.29) is 4.90 Å². The molecular weight excluding hydrogens is 468 g/mol. The van der Waals surface area contributed by atoms with E-state index >= 15 is 0 Å². The maximum Gasteiger partial charge on any atom is 0.269 e. The second-order valence-electron chi connectivity index (χ2n) is 8.30. The van der Waals surface area contributed by atoms with Crippen molar-refractivity contribution in [2.24, 2.45) is 0 Å².